The van der Waals surface area contributed by atoms with Gasteiger partial charge in [-0.1, -0.05) is 26.0 Å². The molecule has 1 aromatic rings. The fourth-order valence-electron chi connectivity index (χ4n) is 2.14. The maximum Gasteiger partial charge on any atom is 0.127 e. The molecule has 0 saturated heterocycles. The van der Waals surface area contributed by atoms with Gasteiger partial charge in [-0.25, -0.2) is 4.39 Å². The number of benzene rings is 1. The Kier molecular flexibility index (Phi) is 1.70. The van der Waals surface area contributed by atoms with Crippen molar-refractivity contribution in [3.8, 4) is 0 Å². The summed E-state index contributed by atoms with van der Waals surface area (Å²) in [6.07, 6.45) is 0.792. The third kappa shape index (κ3) is 1.09. The lowest BCUT2D eigenvalue weighted by atomic mass is 9.83. The van der Waals surface area contributed by atoms with Gasteiger partial charge in [0.15, 0.2) is 0 Å². The summed E-state index contributed by atoms with van der Waals surface area (Å²) in [5.74, 6) is -0.115. The maximum atomic E-state index is 13.5. The Morgan fingerprint density at radius 3 is 2.77 bits per heavy atom. The van der Waals surface area contributed by atoms with E-state index in [-0.39, 0.29) is 17.3 Å². The van der Waals surface area contributed by atoms with Crippen LogP contribution in [0.4, 0.5) is 4.39 Å². The van der Waals surface area contributed by atoms with Crippen LogP contribution in [0.25, 0.3) is 0 Å². The first kappa shape index (κ1) is 8.70. The van der Waals surface area contributed by atoms with E-state index in [2.05, 4.69) is 0 Å². The molecule has 0 saturated carbocycles. The summed E-state index contributed by atoms with van der Waals surface area (Å²) in [5, 5.41) is 0. The molecule has 0 bridgehead atoms. The van der Waals surface area contributed by atoms with E-state index in [1.807, 2.05) is 19.9 Å². The molecule has 1 nitrogen and oxygen atoms in total. The molecule has 2 heteroatoms. The largest absolute Gasteiger partial charge is 0.327 e. The van der Waals surface area contributed by atoms with Gasteiger partial charge in [-0.3, -0.25) is 0 Å². The van der Waals surface area contributed by atoms with E-state index in [9.17, 15) is 4.39 Å². The molecule has 0 amide bonds. The summed E-state index contributed by atoms with van der Waals surface area (Å²) in [5.41, 5.74) is 7.62. The molecule has 1 unspecified atom stereocenters. The molecule has 1 aliphatic rings. The normalized spacial score (nSPS) is 24.5. The number of fused-ring (bicyclic) bond motifs is 1. The summed E-state index contributed by atoms with van der Waals surface area (Å²) in [6, 6.07) is 5.27. The molecule has 0 spiro atoms. The molecular formula is C11H14FN. The Bertz CT molecular complexity index is 344. The molecule has 13 heavy (non-hydrogen) atoms. The van der Waals surface area contributed by atoms with Crippen LogP contribution in [0.15, 0.2) is 18.2 Å². The lowest BCUT2D eigenvalue weighted by Gasteiger charge is -2.25. The van der Waals surface area contributed by atoms with Crippen molar-refractivity contribution in [1.82, 2.24) is 0 Å². The first-order chi connectivity index (χ1) is 6.03. The average Bonchev–Trinajstić information content (AvgIpc) is 2.24. The van der Waals surface area contributed by atoms with E-state index in [0.717, 1.165) is 17.5 Å². The van der Waals surface area contributed by atoms with E-state index < -0.39 is 0 Å². The van der Waals surface area contributed by atoms with Gasteiger partial charge in [0.05, 0.1) is 0 Å². The van der Waals surface area contributed by atoms with E-state index in [4.69, 9.17) is 5.73 Å². The van der Waals surface area contributed by atoms with E-state index in [0.29, 0.717) is 0 Å². The molecule has 0 heterocycles. The second kappa shape index (κ2) is 2.55. The number of halogens is 1. The lowest BCUT2D eigenvalue weighted by Crippen LogP contribution is -2.37. The maximum absolute atomic E-state index is 13.5. The monoisotopic (exact) mass is 179 g/mol. The lowest BCUT2D eigenvalue weighted by molar-refractivity contribution is 0.427. The molecule has 0 fully saturated rings. The Labute approximate surface area is 77.8 Å². The highest BCUT2D eigenvalue weighted by atomic mass is 19.1. The van der Waals surface area contributed by atoms with Crippen molar-refractivity contribution in [3.63, 3.8) is 0 Å². The topological polar surface area (TPSA) is 26.0 Å². The summed E-state index contributed by atoms with van der Waals surface area (Å²) >= 11 is 0. The van der Waals surface area contributed by atoms with Gasteiger partial charge in [0.25, 0.3) is 0 Å². The molecule has 1 aromatic carbocycles. The van der Waals surface area contributed by atoms with Crippen molar-refractivity contribution in [2.24, 2.45) is 5.73 Å². The van der Waals surface area contributed by atoms with Gasteiger partial charge in [0.1, 0.15) is 5.82 Å². The van der Waals surface area contributed by atoms with E-state index in [1.165, 1.54) is 6.07 Å². The number of hydrogen-bond acceptors (Lipinski definition) is 1. The first-order valence-corrected chi connectivity index (χ1v) is 4.57. The minimum Gasteiger partial charge on any atom is -0.327 e. The number of hydrogen-bond donors (Lipinski definition) is 1. The van der Waals surface area contributed by atoms with Crippen LogP contribution >= 0.6 is 0 Å². The zero-order valence-corrected chi connectivity index (χ0v) is 7.97. The van der Waals surface area contributed by atoms with Crippen LogP contribution in [0.1, 0.15) is 25.0 Å². The summed E-state index contributed by atoms with van der Waals surface area (Å²) in [6.45, 7) is 4.01. The molecule has 0 radical (unpaired) electrons. The van der Waals surface area contributed by atoms with Crippen molar-refractivity contribution in [2.45, 2.75) is 31.7 Å². The Balaban J connectivity index is 2.63. The van der Waals surface area contributed by atoms with E-state index in [1.54, 1.807) is 6.07 Å². The summed E-state index contributed by atoms with van der Waals surface area (Å²) in [7, 11) is 0. The van der Waals surface area contributed by atoms with Crippen LogP contribution in [0.5, 0.6) is 0 Å². The van der Waals surface area contributed by atoms with Crippen molar-refractivity contribution in [1.29, 1.82) is 0 Å². The van der Waals surface area contributed by atoms with Crippen LogP contribution in [0.3, 0.4) is 0 Å². The van der Waals surface area contributed by atoms with Gasteiger partial charge in [-0.15, -0.1) is 0 Å². The molecule has 70 valence electrons. The second-order valence-electron chi connectivity index (χ2n) is 4.31. The highest BCUT2D eigenvalue weighted by Gasteiger charge is 2.38. The smallest absolute Gasteiger partial charge is 0.127 e. The van der Waals surface area contributed by atoms with Crippen molar-refractivity contribution in [3.05, 3.63) is 35.1 Å². The van der Waals surface area contributed by atoms with Gasteiger partial charge in [0.2, 0.25) is 0 Å². The Morgan fingerprint density at radius 2 is 2.15 bits per heavy atom. The predicted molar refractivity (Wildman–Crippen MR) is 51.1 cm³/mol. The van der Waals surface area contributed by atoms with Crippen LogP contribution < -0.4 is 5.73 Å². The van der Waals surface area contributed by atoms with Crippen molar-refractivity contribution in [2.75, 3.05) is 0 Å². The molecular weight excluding hydrogens is 165 g/mol. The van der Waals surface area contributed by atoms with Gasteiger partial charge >= 0.3 is 0 Å². The van der Waals surface area contributed by atoms with Crippen molar-refractivity contribution >= 4 is 0 Å². The molecule has 0 aliphatic heterocycles. The Hall–Kier alpha value is -0.890. The van der Waals surface area contributed by atoms with Crippen LogP contribution in [-0.4, -0.2) is 6.04 Å². The number of nitrogens with two attached hydrogens (primary N) is 1. The second-order valence-corrected chi connectivity index (χ2v) is 4.31. The van der Waals surface area contributed by atoms with Crippen molar-refractivity contribution < 1.29 is 4.39 Å². The highest BCUT2D eigenvalue weighted by molar-refractivity contribution is 5.41. The van der Waals surface area contributed by atoms with Gasteiger partial charge in [0, 0.05) is 11.5 Å². The third-order valence-electron chi connectivity index (χ3n) is 3.11. The molecule has 0 aromatic heterocycles. The zero-order valence-electron chi connectivity index (χ0n) is 7.97. The third-order valence-corrected chi connectivity index (χ3v) is 3.11. The summed E-state index contributed by atoms with van der Waals surface area (Å²) in [4.78, 5) is 0. The van der Waals surface area contributed by atoms with Gasteiger partial charge < -0.3 is 5.73 Å². The molecule has 2 N–H and O–H groups in total. The average molecular weight is 179 g/mol. The molecule has 2 rings (SSSR count). The van der Waals surface area contributed by atoms with E-state index >= 15 is 0 Å². The number of rotatable bonds is 0. The SMILES string of the molecule is CC1(C)c2c(F)cccc2CC1N. The first-order valence-electron chi connectivity index (χ1n) is 4.57. The van der Waals surface area contributed by atoms with Crippen LogP contribution in [0, 0.1) is 5.82 Å². The van der Waals surface area contributed by atoms with Crippen LogP contribution in [-0.2, 0) is 11.8 Å². The highest BCUT2D eigenvalue weighted by Crippen LogP contribution is 2.38. The minimum absolute atomic E-state index is 0.0411. The quantitative estimate of drug-likeness (QED) is 0.647. The van der Waals surface area contributed by atoms with Crippen LogP contribution in [0.2, 0.25) is 0 Å². The molecule has 1 atom stereocenters. The fraction of sp³-hybridized carbons (Fsp3) is 0.455. The standard InChI is InChI=1S/C11H14FN/c1-11(2)9(13)6-7-4-3-5-8(12)10(7)11/h3-5,9H,6,13H2,1-2H3. The molecule has 1 aliphatic carbocycles. The zero-order chi connectivity index (χ0) is 9.64. The minimum atomic E-state index is -0.222. The summed E-state index contributed by atoms with van der Waals surface area (Å²) < 4.78 is 13.5. The van der Waals surface area contributed by atoms with Gasteiger partial charge in [-0.2, -0.15) is 0 Å². The fourth-order valence-corrected chi connectivity index (χ4v) is 2.14. The Morgan fingerprint density at radius 1 is 1.46 bits per heavy atom. The predicted octanol–water partition coefficient (Wildman–Crippen LogP) is 1.99. The van der Waals surface area contributed by atoms with Gasteiger partial charge in [-0.05, 0) is 23.6 Å².